The molecule has 0 radical (unpaired) electrons. The minimum atomic E-state index is -1.13. The van der Waals surface area contributed by atoms with Crippen LogP contribution in [-0.4, -0.2) is 108 Å². The van der Waals surface area contributed by atoms with E-state index in [1.54, 1.807) is 32.9 Å². The third-order valence-electron chi connectivity index (χ3n) is 8.52. The lowest BCUT2D eigenvalue weighted by atomic mass is 10.1. The van der Waals surface area contributed by atoms with Crippen molar-refractivity contribution in [1.29, 1.82) is 0 Å². The molecule has 0 aliphatic rings. The summed E-state index contributed by atoms with van der Waals surface area (Å²) in [7, 11) is 0. The van der Waals surface area contributed by atoms with Crippen molar-refractivity contribution in [2.75, 3.05) is 26.4 Å². The smallest absolute Gasteiger partial charge is 0.333 e. The molecule has 1 amide bonds. The Morgan fingerprint density at radius 2 is 1.00 bits per heavy atom. The number of aliphatic hydroxyl groups is 1. The number of benzene rings is 4. The van der Waals surface area contributed by atoms with Crippen LogP contribution in [0.1, 0.15) is 41.7 Å². The molecular formula is C49H57NO18. The average Bonchev–Trinajstić information content (AvgIpc) is 3.29. The zero-order chi connectivity index (χ0) is 51.5. The van der Waals surface area contributed by atoms with E-state index < -0.39 is 30.0 Å². The first-order chi connectivity index (χ1) is 32.0. The van der Waals surface area contributed by atoms with Crippen LogP contribution in [0.5, 0.6) is 46.0 Å². The monoisotopic (exact) mass is 947 g/mol. The SMILES string of the molecule is C=C(C)C(=O)NCc1cc(O)c(O)cc1C.C=C(C)C(=O)OCCc1ccc(O)c(O)c1.C=CC(=O)OCC(O)COC(=O)Cc1ccc(O)c(O)c1.C=CC(=O)OCCc1ccc(O)c(O)c1. The Hall–Kier alpha value is -8.45. The van der Waals surface area contributed by atoms with Crippen LogP contribution in [0.25, 0.3) is 0 Å². The van der Waals surface area contributed by atoms with E-state index in [1.807, 2.05) is 0 Å². The Morgan fingerprint density at radius 3 is 1.47 bits per heavy atom. The first kappa shape index (κ1) is 57.6. The van der Waals surface area contributed by atoms with Gasteiger partial charge in [0.1, 0.15) is 19.3 Å². The van der Waals surface area contributed by atoms with Crippen LogP contribution in [0.2, 0.25) is 0 Å². The molecular weight excluding hydrogens is 891 g/mol. The molecule has 0 aliphatic carbocycles. The average molecular weight is 948 g/mol. The number of carbonyl (C=O) groups excluding carboxylic acids is 5. The maximum Gasteiger partial charge on any atom is 0.333 e. The fraction of sp³-hybridized carbons (Fsp3) is 0.245. The molecule has 0 aliphatic heterocycles. The topological polar surface area (TPSA) is 316 Å². The predicted molar refractivity (Wildman–Crippen MR) is 247 cm³/mol. The molecule has 4 aromatic carbocycles. The second-order valence-corrected chi connectivity index (χ2v) is 14.3. The van der Waals surface area contributed by atoms with Crippen molar-refractivity contribution in [2.24, 2.45) is 0 Å². The third-order valence-corrected chi connectivity index (χ3v) is 8.52. The van der Waals surface area contributed by atoms with Crippen LogP contribution >= 0.6 is 0 Å². The quantitative estimate of drug-likeness (QED) is 0.0271. The summed E-state index contributed by atoms with van der Waals surface area (Å²) in [6, 6.07) is 15.8. The van der Waals surface area contributed by atoms with Gasteiger partial charge in [-0.2, -0.15) is 0 Å². The summed E-state index contributed by atoms with van der Waals surface area (Å²) in [6.07, 6.45) is 1.74. The van der Waals surface area contributed by atoms with E-state index in [1.165, 1.54) is 54.6 Å². The number of aliphatic hydroxyl groups excluding tert-OH is 1. The number of carbonyl (C=O) groups is 5. The van der Waals surface area contributed by atoms with Gasteiger partial charge in [-0.05, 0) is 97.1 Å². The number of ether oxygens (including phenoxy) is 4. The molecule has 0 heterocycles. The molecule has 10 N–H and O–H groups in total. The molecule has 366 valence electrons. The summed E-state index contributed by atoms with van der Waals surface area (Å²) in [6.45, 7) is 18.5. The fourth-order valence-corrected chi connectivity index (χ4v) is 4.77. The van der Waals surface area contributed by atoms with Gasteiger partial charge in [-0.15, -0.1) is 0 Å². The maximum absolute atomic E-state index is 11.5. The van der Waals surface area contributed by atoms with Gasteiger partial charge >= 0.3 is 23.9 Å². The number of amides is 1. The second-order valence-electron chi connectivity index (χ2n) is 14.3. The Balaban J connectivity index is 0.000000457. The highest BCUT2D eigenvalue weighted by atomic mass is 16.6. The van der Waals surface area contributed by atoms with Crippen molar-refractivity contribution in [3.63, 3.8) is 0 Å². The number of phenolic OH excluding ortho intramolecular Hbond substituents is 8. The van der Waals surface area contributed by atoms with E-state index in [2.05, 4.69) is 36.4 Å². The summed E-state index contributed by atoms with van der Waals surface area (Å²) in [5, 5.41) is 85.6. The van der Waals surface area contributed by atoms with Crippen LogP contribution in [0.3, 0.4) is 0 Å². The van der Waals surface area contributed by atoms with Crippen molar-refractivity contribution >= 4 is 29.8 Å². The second kappa shape index (κ2) is 29.9. The third kappa shape index (κ3) is 22.9. The normalized spacial score (nSPS) is 10.3. The van der Waals surface area contributed by atoms with Crippen LogP contribution in [0.4, 0.5) is 0 Å². The Labute approximate surface area is 392 Å². The zero-order valence-electron chi connectivity index (χ0n) is 37.8. The van der Waals surface area contributed by atoms with E-state index in [0.717, 1.165) is 34.4 Å². The lowest BCUT2D eigenvalue weighted by Gasteiger charge is -2.11. The molecule has 0 saturated heterocycles. The Morgan fingerprint density at radius 1 is 0.574 bits per heavy atom. The highest BCUT2D eigenvalue weighted by Gasteiger charge is 2.13. The largest absolute Gasteiger partial charge is 0.504 e. The van der Waals surface area contributed by atoms with Crippen molar-refractivity contribution in [2.45, 2.75) is 52.7 Å². The molecule has 0 bridgehead atoms. The van der Waals surface area contributed by atoms with Gasteiger partial charge in [0.2, 0.25) is 5.91 Å². The number of esters is 4. The highest BCUT2D eigenvalue weighted by molar-refractivity contribution is 5.92. The van der Waals surface area contributed by atoms with Crippen molar-refractivity contribution in [3.05, 3.63) is 144 Å². The number of aromatic hydroxyl groups is 8. The molecule has 0 spiro atoms. The van der Waals surface area contributed by atoms with E-state index in [9.17, 15) is 54.6 Å². The first-order valence-electron chi connectivity index (χ1n) is 20.2. The van der Waals surface area contributed by atoms with Gasteiger partial charge in [-0.25, -0.2) is 14.4 Å². The molecule has 4 rings (SSSR count). The molecule has 4 aromatic rings. The first-order valence-corrected chi connectivity index (χ1v) is 20.2. The number of aryl methyl sites for hydroxylation is 1. The van der Waals surface area contributed by atoms with Crippen LogP contribution in [0.15, 0.2) is 116 Å². The number of hydrogen-bond acceptors (Lipinski definition) is 18. The summed E-state index contributed by atoms with van der Waals surface area (Å²) >= 11 is 0. The highest BCUT2D eigenvalue weighted by Crippen LogP contribution is 2.29. The number of nitrogens with one attached hydrogen (secondary N) is 1. The van der Waals surface area contributed by atoms with Crippen molar-refractivity contribution in [3.8, 4) is 46.0 Å². The summed E-state index contributed by atoms with van der Waals surface area (Å²) < 4.78 is 19.0. The number of rotatable bonds is 18. The predicted octanol–water partition coefficient (Wildman–Crippen LogP) is 5.00. The minimum absolute atomic E-state index is 0.132. The van der Waals surface area contributed by atoms with Gasteiger partial charge < -0.3 is 70.2 Å². The van der Waals surface area contributed by atoms with Gasteiger partial charge in [0, 0.05) is 42.7 Å². The van der Waals surface area contributed by atoms with E-state index >= 15 is 0 Å². The van der Waals surface area contributed by atoms with Crippen LogP contribution < -0.4 is 5.32 Å². The molecule has 1 unspecified atom stereocenters. The molecule has 0 fully saturated rings. The summed E-state index contributed by atoms with van der Waals surface area (Å²) in [5.74, 6) is -4.10. The van der Waals surface area contributed by atoms with Gasteiger partial charge in [0.25, 0.3) is 0 Å². The molecule has 0 saturated carbocycles. The molecule has 68 heavy (non-hydrogen) atoms. The van der Waals surface area contributed by atoms with Crippen LogP contribution in [0, 0.1) is 6.92 Å². The van der Waals surface area contributed by atoms with Gasteiger partial charge in [-0.3, -0.25) is 9.59 Å². The van der Waals surface area contributed by atoms with E-state index in [-0.39, 0.29) is 84.8 Å². The lowest BCUT2D eigenvalue weighted by Crippen LogP contribution is -2.25. The number of hydrogen-bond donors (Lipinski definition) is 10. The van der Waals surface area contributed by atoms with Gasteiger partial charge in [-0.1, -0.05) is 44.5 Å². The van der Waals surface area contributed by atoms with Crippen molar-refractivity contribution < 1.29 is 88.9 Å². The fourth-order valence-electron chi connectivity index (χ4n) is 4.77. The minimum Gasteiger partial charge on any atom is -0.504 e. The van der Waals surface area contributed by atoms with Crippen molar-refractivity contribution in [1.82, 2.24) is 5.32 Å². The van der Waals surface area contributed by atoms with Crippen LogP contribution in [-0.2, 0) is 68.7 Å². The van der Waals surface area contributed by atoms with Gasteiger partial charge in [0.15, 0.2) is 46.0 Å². The van der Waals surface area contributed by atoms with E-state index in [4.69, 9.17) is 29.5 Å². The van der Waals surface area contributed by atoms with Gasteiger partial charge in [0.05, 0.1) is 19.6 Å². The number of phenols is 8. The summed E-state index contributed by atoms with van der Waals surface area (Å²) in [4.78, 5) is 55.3. The Bertz CT molecular complexity index is 2410. The molecule has 0 aromatic heterocycles. The maximum atomic E-state index is 11.5. The molecule has 19 nitrogen and oxygen atoms in total. The molecule has 1 atom stereocenters. The standard InChI is InChI=1S/C14H16O7.C12H15NO3.C12H14O4.C11H12O4/c1-2-13(18)20-7-10(15)8-21-14(19)6-9-3-4-11(16)12(17)5-9;1-7(2)12(16)13-6-9-5-11(15)10(14)4-8(9)3;1-8(2)12(15)16-6-5-9-3-4-10(13)11(14)7-9;1-2-11(14)15-6-5-8-3-4-9(12)10(13)7-8/h2-5,10,15-17H,1,6-8H2;4-5,14-15H,1,6H2,2-3H3,(H,13,16);3-4,7,13-14H,1,5-6H2,2H3;2-4,7,12-13H,1,5-6H2. The zero-order valence-corrected chi connectivity index (χ0v) is 37.8. The Kier molecular flexibility index (Phi) is 25.3. The summed E-state index contributed by atoms with van der Waals surface area (Å²) in [5.41, 5.74) is 4.35. The van der Waals surface area contributed by atoms with E-state index in [0.29, 0.717) is 36.1 Å². The lowest BCUT2D eigenvalue weighted by molar-refractivity contribution is -0.149. The molecule has 19 heteroatoms.